The number of aromatic nitrogens is 4. The third-order valence-electron chi connectivity index (χ3n) is 12.0. The highest BCUT2D eigenvalue weighted by atomic mass is 15.1. The summed E-state index contributed by atoms with van der Waals surface area (Å²) in [6.45, 7) is 0. The van der Waals surface area contributed by atoms with Gasteiger partial charge in [-0.05, 0) is 68.8 Å². The van der Waals surface area contributed by atoms with E-state index < -0.39 is 5.41 Å². The maximum absolute atomic E-state index is 5.33. The molecule has 2 aliphatic rings. The zero-order valence-corrected chi connectivity index (χ0v) is 31.4. The predicted octanol–water partition coefficient (Wildman–Crippen LogP) is 12.8. The highest BCUT2D eigenvalue weighted by Gasteiger charge is 2.51. The van der Waals surface area contributed by atoms with Gasteiger partial charge in [0.15, 0.2) is 5.82 Å². The van der Waals surface area contributed by atoms with E-state index >= 15 is 0 Å². The fourth-order valence-electron chi connectivity index (χ4n) is 9.64. The Morgan fingerprint density at radius 2 is 0.914 bits per heavy atom. The van der Waals surface area contributed by atoms with Crippen molar-refractivity contribution in [2.24, 2.45) is 0 Å². The molecule has 1 spiro atoms. The predicted molar refractivity (Wildman–Crippen MR) is 235 cm³/mol. The lowest BCUT2D eigenvalue weighted by Crippen LogP contribution is -2.33. The molecular weight excluding hydrogens is 705 g/mol. The van der Waals surface area contributed by atoms with Crippen LogP contribution in [0.5, 0.6) is 0 Å². The van der Waals surface area contributed by atoms with E-state index in [9.17, 15) is 0 Å². The van der Waals surface area contributed by atoms with Crippen molar-refractivity contribution < 1.29 is 0 Å². The summed E-state index contributed by atoms with van der Waals surface area (Å²) in [5.74, 6) is 1.66. The number of nitrogens with zero attached hydrogens (tertiary/aromatic N) is 4. The fourth-order valence-corrected chi connectivity index (χ4v) is 9.64. The number of fused-ring (bicyclic) bond motifs is 9. The molecule has 12 rings (SSSR count). The minimum Gasteiger partial charge on any atom is -0.292 e. The van der Waals surface area contributed by atoms with Crippen molar-refractivity contribution in [2.45, 2.75) is 5.41 Å². The molecule has 0 radical (unpaired) electrons. The molecule has 4 heteroatoms. The normalized spacial score (nSPS) is 14.6. The van der Waals surface area contributed by atoms with Crippen molar-refractivity contribution in [2.75, 3.05) is 0 Å². The Labute approximate surface area is 336 Å². The van der Waals surface area contributed by atoms with Crippen molar-refractivity contribution in [1.82, 2.24) is 19.5 Å². The van der Waals surface area contributed by atoms with Gasteiger partial charge in [-0.25, -0.2) is 15.0 Å². The Kier molecular flexibility index (Phi) is 7.11. The van der Waals surface area contributed by atoms with Gasteiger partial charge in [0.1, 0.15) is 5.82 Å². The molecule has 0 fully saturated rings. The van der Waals surface area contributed by atoms with Crippen molar-refractivity contribution in [3.05, 3.63) is 229 Å². The minimum absolute atomic E-state index is 0.554. The third kappa shape index (κ3) is 4.66. The molecule has 4 nitrogen and oxygen atoms in total. The van der Waals surface area contributed by atoms with E-state index in [1.807, 2.05) is 24.3 Å². The lowest BCUT2D eigenvalue weighted by Gasteiger charge is -2.39. The van der Waals surface area contributed by atoms with Crippen LogP contribution in [-0.2, 0) is 5.41 Å². The van der Waals surface area contributed by atoms with E-state index in [0.29, 0.717) is 5.82 Å². The Morgan fingerprint density at radius 1 is 0.362 bits per heavy atom. The standard InChI is InChI=1S/C54H34N4/c1-4-17-35(18-5-1)47-34-48(56-52(55-47)36-19-6-2-7-20-36)39-24-14-23-38(33-39)40-26-15-29-44-50(40)41-25-10-11-27-42(41)54(44)43-28-12-13-32-49(43)58-51-45(54)30-16-31-46(51)57-53(58)37-21-8-3-9-22-37/h1-34H. The van der Waals surface area contributed by atoms with E-state index in [4.69, 9.17) is 15.0 Å². The van der Waals surface area contributed by atoms with E-state index in [0.717, 1.165) is 61.8 Å². The van der Waals surface area contributed by atoms with Gasteiger partial charge in [-0.2, -0.15) is 0 Å². The molecule has 1 atom stereocenters. The number of hydrogen-bond donors (Lipinski definition) is 0. The molecule has 3 heterocycles. The van der Waals surface area contributed by atoms with Crippen LogP contribution in [0, 0.1) is 0 Å². The molecule has 8 aromatic carbocycles. The van der Waals surface area contributed by atoms with Gasteiger partial charge >= 0.3 is 0 Å². The lowest BCUT2D eigenvalue weighted by molar-refractivity contribution is 0.746. The molecule has 1 unspecified atom stereocenters. The van der Waals surface area contributed by atoms with E-state index in [1.54, 1.807) is 0 Å². The summed E-state index contributed by atoms with van der Waals surface area (Å²) in [6, 6.07) is 73.7. The van der Waals surface area contributed by atoms with Crippen LogP contribution in [0.1, 0.15) is 22.3 Å². The monoisotopic (exact) mass is 738 g/mol. The molecule has 0 amide bonds. The second-order valence-electron chi connectivity index (χ2n) is 15.1. The third-order valence-corrected chi connectivity index (χ3v) is 12.0. The van der Waals surface area contributed by atoms with Gasteiger partial charge in [0.05, 0.1) is 33.5 Å². The van der Waals surface area contributed by atoms with Crippen LogP contribution in [0.2, 0.25) is 0 Å². The first kappa shape index (κ1) is 32.5. The number of rotatable bonds is 5. The number of para-hydroxylation sites is 2. The zero-order chi connectivity index (χ0) is 38.2. The Balaban J connectivity index is 1.09. The van der Waals surface area contributed by atoms with Crippen LogP contribution in [0.25, 0.3) is 84.3 Å². The van der Waals surface area contributed by atoms with Crippen molar-refractivity contribution in [3.63, 3.8) is 0 Å². The first-order chi connectivity index (χ1) is 28.8. The van der Waals surface area contributed by atoms with Gasteiger partial charge in [-0.1, -0.05) is 182 Å². The fraction of sp³-hybridized carbons (Fsp3) is 0.0185. The van der Waals surface area contributed by atoms with Gasteiger partial charge in [0.25, 0.3) is 0 Å². The Bertz CT molecular complexity index is 3160. The maximum Gasteiger partial charge on any atom is 0.160 e. The average molecular weight is 739 g/mol. The summed E-state index contributed by atoms with van der Waals surface area (Å²) in [6.07, 6.45) is 0. The van der Waals surface area contributed by atoms with Gasteiger partial charge in [0, 0.05) is 22.3 Å². The molecule has 0 saturated carbocycles. The molecule has 58 heavy (non-hydrogen) atoms. The molecular formula is C54H34N4. The van der Waals surface area contributed by atoms with Crippen molar-refractivity contribution >= 4 is 11.0 Å². The Morgan fingerprint density at radius 3 is 1.71 bits per heavy atom. The summed E-state index contributed by atoms with van der Waals surface area (Å²) in [7, 11) is 0. The average Bonchev–Trinajstić information content (AvgIpc) is 3.84. The van der Waals surface area contributed by atoms with Crippen molar-refractivity contribution in [3.8, 4) is 73.2 Å². The highest BCUT2D eigenvalue weighted by molar-refractivity contribution is 6.01. The van der Waals surface area contributed by atoms with E-state index in [2.05, 4.69) is 187 Å². The van der Waals surface area contributed by atoms with Gasteiger partial charge in [-0.3, -0.25) is 4.57 Å². The van der Waals surface area contributed by atoms with Gasteiger partial charge < -0.3 is 0 Å². The van der Waals surface area contributed by atoms with Gasteiger partial charge in [-0.15, -0.1) is 0 Å². The zero-order valence-electron chi connectivity index (χ0n) is 31.4. The summed E-state index contributed by atoms with van der Waals surface area (Å²) in [4.78, 5) is 15.6. The second kappa shape index (κ2) is 12.7. The van der Waals surface area contributed by atoms with Crippen LogP contribution >= 0.6 is 0 Å². The first-order valence-electron chi connectivity index (χ1n) is 19.8. The number of hydrogen-bond acceptors (Lipinski definition) is 3. The molecule has 1 aliphatic heterocycles. The number of imidazole rings is 1. The van der Waals surface area contributed by atoms with Crippen LogP contribution < -0.4 is 0 Å². The highest BCUT2D eigenvalue weighted by Crippen LogP contribution is 2.62. The summed E-state index contributed by atoms with van der Waals surface area (Å²) in [5.41, 5.74) is 18.6. The molecule has 270 valence electrons. The molecule has 2 aromatic heterocycles. The lowest BCUT2D eigenvalue weighted by atomic mass is 9.65. The minimum atomic E-state index is -0.554. The molecule has 0 bridgehead atoms. The SMILES string of the molecule is c1ccc(-c2cc(-c3cccc(-c4cccc5c4-c4ccccc4C54c5ccccc5-n5c(-c6ccccc6)nc6cccc4c65)c3)nc(-c3ccccc3)n2)cc1. The molecule has 0 N–H and O–H groups in total. The largest absolute Gasteiger partial charge is 0.292 e. The summed E-state index contributed by atoms with van der Waals surface area (Å²) >= 11 is 0. The molecule has 10 aromatic rings. The topological polar surface area (TPSA) is 43.6 Å². The van der Waals surface area contributed by atoms with Gasteiger partial charge in [0.2, 0.25) is 0 Å². The molecule has 0 saturated heterocycles. The van der Waals surface area contributed by atoms with Crippen LogP contribution in [-0.4, -0.2) is 19.5 Å². The first-order valence-corrected chi connectivity index (χ1v) is 19.8. The van der Waals surface area contributed by atoms with Crippen LogP contribution in [0.3, 0.4) is 0 Å². The quantitative estimate of drug-likeness (QED) is 0.177. The van der Waals surface area contributed by atoms with E-state index in [1.165, 1.54) is 38.9 Å². The summed E-state index contributed by atoms with van der Waals surface area (Å²) in [5, 5.41) is 0. The second-order valence-corrected chi connectivity index (χ2v) is 15.1. The summed E-state index contributed by atoms with van der Waals surface area (Å²) < 4.78 is 2.39. The van der Waals surface area contributed by atoms with E-state index in [-0.39, 0.29) is 0 Å². The maximum atomic E-state index is 5.33. The smallest absolute Gasteiger partial charge is 0.160 e. The van der Waals surface area contributed by atoms with Crippen molar-refractivity contribution in [1.29, 1.82) is 0 Å². The molecule has 1 aliphatic carbocycles. The Hall–Kier alpha value is -7.69. The van der Waals surface area contributed by atoms with Crippen LogP contribution in [0.4, 0.5) is 0 Å². The van der Waals surface area contributed by atoms with Crippen LogP contribution in [0.15, 0.2) is 206 Å². The number of benzene rings is 8.